The fourth-order valence-corrected chi connectivity index (χ4v) is 8.76. The first-order valence-corrected chi connectivity index (χ1v) is 19.3. The summed E-state index contributed by atoms with van der Waals surface area (Å²) in [6, 6.07) is 17.1. The van der Waals surface area contributed by atoms with E-state index < -0.39 is 11.2 Å². The lowest BCUT2D eigenvalue weighted by atomic mass is 9.90. The maximum atomic E-state index is 13.2. The summed E-state index contributed by atoms with van der Waals surface area (Å²) in [6.45, 7) is 16.4. The summed E-state index contributed by atoms with van der Waals surface area (Å²) in [6.07, 6.45) is 4.04. The molecule has 8 rings (SSSR count). The number of imidazole rings is 2. The van der Waals surface area contributed by atoms with Gasteiger partial charge in [0, 0.05) is 21.5 Å². The van der Waals surface area contributed by atoms with Gasteiger partial charge in [0.1, 0.15) is 22.9 Å². The molecule has 1 saturated carbocycles. The Kier molecular flexibility index (Phi) is 8.20. The first-order valence-electron chi connectivity index (χ1n) is 18.2. The van der Waals surface area contributed by atoms with E-state index in [1.165, 1.54) is 0 Å². The predicted octanol–water partition coefficient (Wildman–Crippen LogP) is 10.2. The molecule has 2 saturated heterocycles. The van der Waals surface area contributed by atoms with Crippen LogP contribution in [0, 0.1) is 14.9 Å². The van der Waals surface area contributed by atoms with Gasteiger partial charge in [-0.15, -0.1) is 0 Å². The van der Waals surface area contributed by atoms with Crippen molar-refractivity contribution in [3.05, 3.63) is 69.9 Å². The lowest BCUT2D eigenvalue weighted by molar-refractivity contribution is 0.0172. The summed E-state index contributed by atoms with van der Waals surface area (Å²) in [4.78, 5) is 47.0. The molecule has 0 unspecified atom stereocenters. The molecule has 10 nitrogen and oxygen atoms in total. The molecule has 2 N–H and O–H groups in total. The first kappa shape index (κ1) is 34.9. The van der Waals surface area contributed by atoms with Gasteiger partial charge in [0.15, 0.2) is 0 Å². The molecule has 4 atom stereocenters. The summed E-state index contributed by atoms with van der Waals surface area (Å²) in [5.41, 5.74) is 4.89. The number of amides is 2. The Hall–Kier alpha value is -4.13. The zero-order valence-corrected chi connectivity index (χ0v) is 33.3. The van der Waals surface area contributed by atoms with Crippen molar-refractivity contribution in [2.24, 2.45) is 11.3 Å². The Morgan fingerprint density at radius 2 is 1.50 bits per heavy atom. The summed E-state index contributed by atoms with van der Waals surface area (Å²) in [5, 5.41) is 2.22. The number of fused-ring (bicyclic) bond motifs is 4. The number of hydrogen-bond donors (Lipinski definition) is 2. The van der Waals surface area contributed by atoms with Crippen LogP contribution in [0.4, 0.5) is 9.59 Å². The molecule has 1 aliphatic carbocycles. The monoisotopic (exact) mass is 814 g/mol. The molecule has 0 spiro atoms. The fraction of sp³-hybridized carbons (Fsp3) is 0.463. The van der Waals surface area contributed by atoms with Gasteiger partial charge in [-0.3, -0.25) is 9.80 Å². The topological polar surface area (TPSA) is 116 Å². The van der Waals surface area contributed by atoms with E-state index >= 15 is 0 Å². The van der Waals surface area contributed by atoms with Crippen molar-refractivity contribution in [3.63, 3.8) is 0 Å². The number of piperidine rings is 1. The Balaban J connectivity index is 1.03. The highest BCUT2D eigenvalue weighted by Crippen LogP contribution is 2.54. The zero-order chi connectivity index (χ0) is 36.9. The number of likely N-dealkylation sites (tertiary alicyclic amines) is 2. The van der Waals surface area contributed by atoms with Gasteiger partial charge in [-0.2, -0.15) is 0 Å². The van der Waals surface area contributed by atoms with Crippen molar-refractivity contribution in [1.82, 2.24) is 29.7 Å². The second-order valence-electron chi connectivity index (χ2n) is 17.6. The number of carbonyl (C=O) groups is 2. The molecule has 3 aliphatic rings. The summed E-state index contributed by atoms with van der Waals surface area (Å²) in [5.74, 6) is 2.11. The van der Waals surface area contributed by atoms with Gasteiger partial charge < -0.3 is 19.4 Å². The number of aromatic nitrogens is 4. The summed E-state index contributed by atoms with van der Waals surface area (Å²) in [7, 11) is 0. The van der Waals surface area contributed by atoms with Gasteiger partial charge >= 0.3 is 12.2 Å². The number of benzene rings is 3. The smallest absolute Gasteiger partial charge is 0.411 e. The van der Waals surface area contributed by atoms with Crippen molar-refractivity contribution in [3.8, 4) is 22.4 Å². The molecule has 2 amide bonds. The highest BCUT2D eigenvalue weighted by molar-refractivity contribution is 14.1. The Morgan fingerprint density at radius 3 is 2.21 bits per heavy atom. The number of hydrogen-bond acceptors (Lipinski definition) is 6. The Labute approximate surface area is 318 Å². The number of nitrogens with one attached hydrogen (secondary N) is 2. The molecule has 52 heavy (non-hydrogen) atoms. The number of nitrogens with zero attached hydrogens (tertiary/aromatic N) is 4. The zero-order valence-electron chi connectivity index (χ0n) is 31.1. The van der Waals surface area contributed by atoms with Crippen LogP contribution in [0.5, 0.6) is 0 Å². The van der Waals surface area contributed by atoms with E-state index in [0.29, 0.717) is 12.5 Å². The van der Waals surface area contributed by atoms with Crippen molar-refractivity contribution in [2.75, 3.05) is 6.54 Å². The second-order valence-corrected chi connectivity index (χ2v) is 18.8. The number of ether oxygens (including phenoxy) is 2. The van der Waals surface area contributed by atoms with Crippen LogP contribution in [0.3, 0.4) is 0 Å². The minimum atomic E-state index is -0.565. The van der Waals surface area contributed by atoms with Gasteiger partial charge in [-0.25, -0.2) is 19.6 Å². The molecule has 4 heterocycles. The van der Waals surface area contributed by atoms with E-state index in [-0.39, 0.29) is 35.7 Å². The van der Waals surface area contributed by atoms with Crippen LogP contribution in [-0.2, 0) is 9.47 Å². The SMILES string of the molecule is CC1(C)C[C@@H](c2ncc(-c3ccc(-c4ccc5c(c4)c(I)cc4[nH]c([C@@H]6C[C@H]7C[C@H]7N6C(=O)OC(C)(C)C)nc45)cc3)[nH]2)N(C(=O)OC(C)(C)C)C1. The minimum absolute atomic E-state index is 0.0434. The molecule has 0 radical (unpaired) electrons. The van der Waals surface area contributed by atoms with Crippen molar-refractivity contribution < 1.29 is 19.1 Å². The highest BCUT2D eigenvalue weighted by Gasteiger charge is 2.56. The van der Waals surface area contributed by atoms with E-state index in [2.05, 4.69) is 94.9 Å². The van der Waals surface area contributed by atoms with E-state index in [9.17, 15) is 9.59 Å². The molecule has 11 heteroatoms. The van der Waals surface area contributed by atoms with E-state index in [1.807, 2.05) is 57.5 Å². The summed E-state index contributed by atoms with van der Waals surface area (Å²) >= 11 is 2.41. The lowest BCUT2D eigenvalue weighted by Crippen LogP contribution is -2.38. The second kappa shape index (κ2) is 12.2. The van der Waals surface area contributed by atoms with Gasteiger partial charge in [0.05, 0.1) is 35.0 Å². The van der Waals surface area contributed by atoms with Crippen LogP contribution < -0.4 is 0 Å². The van der Waals surface area contributed by atoms with Crippen LogP contribution in [0.2, 0.25) is 0 Å². The molecule has 0 bridgehead atoms. The molecular formula is C41H47IN6O4. The van der Waals surface area contributed by atoms with Gasteiger partial charge in [-0.1, -0.05) is 50.2 Å². The van der Waals surface area contributed by atoms with Gasteiger partial charge in [0.2, 0.25) is 0 Å². The number of carbonyl (C=O) groups excluding carboxylic acids is 2. The quantitative estimate of drug-likeness (QED) is 0.175. The van der Waals surface area contributed by atoms with Crippen LogP contribution in [-0.4, -0.2) is 65.7 Å². The molecule has 2 aliphatic heterocycles. The standard InChI is InChI=1S/C41H47IN6O4/c1-39(2,3)51-37(49)47-21-41(7,8)19-33(47)35-43-20-30(45-35)23-11-9-22(10-12-23)24-13-14-26-27(15-24)28(42)18-29-34(26)46-36(44-29)32-17-25-16-31(25)48(32)38(50)52-40(4,5)6/h9-15,18,20,25,31-33H,16-17,19,21H2,1-8H3,(H,43,45)(H,44,46)/t25-,31-,32+,33+/m1/s1. The molecule has 272 valence electrons. The number of H-pyrrole nitrogens is 2. The third-order valence-corrected chi connectivity index (χ3v) is 11.3. The number of rotatable bonds is 4. The molecular weight excluding hydrogens is 767 g/mol. The van der Waals surface area contributed by atoms with Crippen LogP contribution in [0.1, 0.15) is 98.4 Å². The Morgan fingerprint density at radius 1 is 0.827 bits per heavy atom. The minimum Gasteiger partial charge on any atom is -0.444 e. The maximum Gasteiger partial charge on any atom is 0.411 e. The molecule has 3 aromatic carbocycles. The van der Waals surface area contributed by atoms with Crippen molar-refractivity contribution >= 4 is 56.6 Å². The predicted molar refractivity (Wildman–Crippen MR) is 211 cm³/mol. The third-order valence-electron chi connectivity index (χ3n) is 10.4. The highest BCUT2D eigenvalue weighted by atomic mass is 127. The van der Waals surface area contributed by atoms with Crippen LogP contribution in [0.15, 0.2) is 54.7 Å². The number of aromatic amines is 2. The van der Waals surface area contributed by atoms with E-state index in [4.69, 9.17) is 19.4 Å². The fourth-order valence-electron chi connectivity index (χ4n) is 8.00. The first-order chi connectivity index (χ1) is 24.4. The largest absolute Gasteiger partial charge is 0.444 e. The molecule has 5 aromatic rings. The van der Waals surface area contributed by atoms with E-state index in [0.717, 1.165) is 78.7 Å². The lowest BCUT2D eigenvalue weighted by Gasteiger charge is -2.29. The third kappa shape index (κ3) is 6.65. The number of halogens is 1. The van der Waals surface area contributed by atoms with Crippen molar-refractivity contribution in [2.45, 2.75) is 104 Å². The van der Waals surface area contributed by atoms with Crippen LogP contribution >= 0.6 is 22.6 Å². The molecule has 2 aromatic heterocycles. The van der Waals surface area contributed by atoms with Gasteiger partial charge in [-0.05, 0) is 129 Å². The van der Waals surface area contributed by atoms with Crippen LogP contribution in [0.25, 0.3) is 44.2 Å². The average Bonchev–Trinajstić information content (AvgIpc) is 3.47. The average molecular weight is 815 g/mol. The summed E-state index contributed by atoms with van der Waals surface area (Å²) < 4.78 is 12.7. The maximum absolute atomic E-state index is 13.2. The van der Waals surface area contributed by atoms with Crippen molar-refractivity contribution in [1.29, 1.82) is 0 Å². The normalized spacial score (nSPS) is 22.6. The van der Waals surface area contributed by atoms with E-state index in [1.54, 1.807) is 0 Å². The Bertz CT molecular complexity index is 2210. The molecule has 3 fully saturated rings. The van der Waals surface area contributed by atoms with Gasteiger partial charge in [0.25, 0.3) is 0 Å².